The number of hydrazone groups is 1. The van der Waals surface area contributed by atoms with Gasteiger partial charge in [0.05, 0.1) is 19.9 Å². The van der Waals surface area contributed by atoms with E-state index in [0.717, 1.165) is 16.7 Å². The second-order valence-electron chi connectivity index (χ2n) is 5.91. The van der Waals surface area contributed by atoms with E-state index in [0.29, 0.717) is 23.0 Å². The van der Waals surface area contributed by atoms with Crippen LogP contribution in [0.3, 0.4) is 0 Å². The first-order valence-corrected chi connectivity index (χ1v) is 8.19. The fourth-order valence-electron chi connectivity index (χ4n) is 2.50. The molecule has 0 heterocycles. The molecule has 0 aliphatic carbocycles. The highest BCUT2D eigenvalue weighted by molar-refractivity contribution is 6.02. The van der Waals surface area contributed by atoms with Gasteiger partial charge >= 0.3 is 0 Å². The third-order valence-electron chi connectivity index (χ3n) is 3.71. The van der Waals surface area contributed by atoms with E-state index in [-0.39, 0.29) is 12.5 Å². The summed E-state index contributed by atoms with van der Waals surface area (Å²) in [6.45, 7) is 5.63. The molecule has 0 fully saturated rings. The van der Waals surface area contributed by atoms with E-state index in [4.69, 9.17) is 14.2 Å². The first-order valence-electron chi connectivity index (χ1n) is 8.19. The van der Waals surface area contributed by atoms with Gasteiger partial charge in [0.15, 0.2) is 6.61 Å². The van der Waals surface area contributed by atoms with Crippen LogP contribution in [0.5, 0.6) is 17.2 Å². The molecule has 0 aromatic heterocycles. The fraction of sp³-hybridized carbons (Fsp3) is 0.300. The molecule has 2 aromatic rings. The molecular formula is C20H24N2O4. The van der Waals surface area contributed by atoms with Crippen molar-refractivity contribution in [2.75, 3.05) is 20.8 Å². The Bertz CT molecular complexity index is 795. The maximum atomic E-state index is 12.0. The quantitative estimate of drug-likeness (QED) is 0.611. The molecule has 138 valence electrons. The lowest BCUT2D eigenvalue weighted by atomic mass is 10.1. The Morgan fingerprint density at radius 2 is 1.69 bits per heavy atom. The monoisotopic (exact) mass is 356 g/mol. The predicted molar refractivity (Wildman–Crippen MR) is 101 cm³/mol. The number of hydrogen-bond donors (Lipinski definition) is 1. The van der Waals surface area contributed by atoms with Gasteiger partial charge < -0.3 is 14.2 Å². The molecule has 6 nitrogen and oxygen atoms in total. The van der Waals surface area contributed by atoms with E-state index in [1.165, 1.54) is 0 Å². The minimum absolute atomic E-state index is 0.116. The molecule has 0 spiro atoms. The van der Waals surface area contributed by atoms with Gasteiger partial charge in [0, 0.05) is 5.56 Å². The van der Waals surface area contributed by atoms with Gasteiger partial charge in [-0.05, 0) is 62.2 Å². The van der Waals surface area contributed by atoms with Crippen LogP contribution in [0.1, 0.15) is 23.6 Å². The summed E-state index contributed by atoms with van der Waals surface area (Å²) in [5, 5.41) is 4.13. The van der Waals surface area contributed by atoms with Crippen LogP contribution in [0.25, 0.3) is 0 Å². The smallest absolute Gasteiger partial charge is 0.277 e. The average Bonchev–Trinajstić information content (AvgIpc) is 2.63. The first-order chi connectivity index (χ1) is 12.4. The molecule has 0 radical (unpaired) electrons. The summed E-state index contributed by atoms with van der Waals surface area (Å²) in [6, 6.07) is 11.2. The van der Waals surface area contributed by atoms with Crippen LogP contribution in [0.15, 0.2) is 41.5 Å². The highest BCUT2D eigenvalue weighted by atomic mass is 16.5. The number of carbonyl (C=O) groups excluding carboxylic acids is 1. The molecule has 0 saturated heterocycles. The summed E-state index contributed by atoms with van der Waals surface area (Å²) in [5.74, 6) is 1.64. The number of benzene rings is 2. The normalized spacial score (nSPS) is 11.0. The number of amides is 1. The van der Waals surface area contributed by atoms with Gasteiger partial charge in [-0.1, -0.05) is 6.07 Å². The van der Waals surface area contributed by atoms with Crippen molar-refractivity contribution in [2.45, 2.75) is 20.8 Å². The summed E-state index contributed by atoms with van der Waals surface area (Å²) in [5.41, 5.74) is 6.00. The molecule has 0 bridgehead atoms. The van der Waals surface area contributed by atoms with Crippen molar-refractivity contribution in [1.82, 2.24) is 5.43 Å². The number of aryl methyl sites for hydroxylation is 2. The van der Waals surface area contributed by atoms with Crippen LogP contribution in [0.2, 0.25) is 0 Å². The summed E-state index contributed by atoms with van der Waals surface area (Å²) in [7, 11) is 3.17. The molecule has 1 N–H and O–H groups in total. The van der Waals surface area contributed by atoms with Crippen LogP contribution in [0, 0.1) is 13.8 Å². The number of methoxy groups -OCH3 is 2. The average molecular weight is 356 g/mol. The second-order valence-corrected chi connectivity index (χ2v) is 5.91. The Kier molecular flexibility index (Phi) is 6.60. The fourth-order valence-corrected chi connectivity index (χ4v) is 2.50. The summed E-state index contributed by atoms with van der Waals surface area (Å²) >= 11 is 0. The van der Waals surface area contributed by atoms with Crippen LogP contribution in [-0.2, 0) is 4.79 Å². The Morgan fingerprint density at radius 1 is 1.00 bits per heavy atom. The summed E-state index contributed by atoms with van der Waals surface area (Å²) in [6.07, 6.45) is 0. The first kappa shape index (κ1) is 19.3. The predicted octanol–water partition coefficient (Wildman–Crippen LogP) is 3.24. The van der Waals surface area contributed by atoms with Crippen molar-refractivity contribution in [3.63, 3.8) is 0 Å². The van der Waals surface area contributed by atoms with Gasteiger partial charge in [-0.3, -0.25) is 4.79 Å². The minimum atomic E-state index is -0.342. The second kappa shape index (κ2) is 8.89. The Morgan fingerprint density at radius 3 is 2.31 bits per heavy atom. The molecular weight excluding hydrogens is 332 g/mol. The molecule has 0 aliphatic heterocycles. The molecule has 2 aromatic carbocycles. The van der Waals surface area contributed by atoms with E-state index in [2.05, 4.69) is 10.5 Å². The molecule has 2 rings (SSSR count). The molecule has 1 amide bonds. The topological polar surface area (TPSA) is 69.2 Å². The third-order valence-corrected chi connectivity index (χ3v) is 3.71. The highest BCUT2D eigenvalue weighted by Gasteiger charge is 2.09. The maximum absolute atomic E-state index is 12.0. The molecule has 0 aliphatic rings. The Labute approximate surface area is 153 Å². The number of nitrogens with one attached hydrogen (secondary N) is 1. The molecule has 0 saturated carbocycles. The van der Waals surface area contributed by atoms with Crippen molar-refractivity contribution in [1.29, 1.82) is 0 Å². The largest absolute Gasteiger partial charge is 0.497 e. The summed E-state index contributed by atoms with van der Waals surface area (Å²) < 4.78 is 16.1. The van der Waals surface area contributed by atoms with Gasteiger partial charge in [-0.25, -0.2) is 5.43 Å². The molecule has 0 atom stereocenters. The van der Waals surface area contributed by atoms with Crippen LogP contribution >= 0.6 is 0 Å². The van der Waals surface area contributed by atoms with Crippen molar-refractivity contribution in [3.05, 3.63) is 53.1 Å². The van der Waals surface area contributed by atoms with Crippen molar-refractivity contribution >= 4 is 11.6 Å². The van der Waals surface area contributed by atoms with Crippen molar-refractivity contribution in [2.24, 2.45) is 5.10 Å². The van der Waals surface area contributed by atoms with Crippen LogP contribution in [-0.4, -0.2) is 32.4 Å². The van der Waals surface area contributed by atoms with E-state index >= 15 is 0 Å². The van der Waals surface area contributed by atoms with Crippen molar-refractivity contribution < 1.29 is 19.0 Å². The van der Waals surface area contributed by atoms with Gasteiger partial charge in [0.1, 0.15) is 17.2 Å². The lowest BCUT2D eigenvalue weighted by Gasteiger charge is -2.11. The van der Waals surface area contributed by atoms with E-state index in [9.17, 15) is 4.79 Å². The van der Waals surface area contributed by atoms with Gasteiger partial charge in [-0.15, -0.1) is 0 Å². The van der Waals surface area contributed by atoms with Crippen LogP contribution < -0.4 is 19.6 Å². The van der Waals surface area contributed by atoms with Gasteiger partial charge in [0.2, 0.25) is 0 Å². The number of ether oxygens (including phenoxy) is 3. The number of rotatable bonds is 7. The molecule has 6 heteroatoms. The van der Waals surface area contributed by atoms with Gasteiger partial charge in [-0.2, -0.15) is 5.10 Å². The standard InChI is InChI=1S/C20H24N2O4/c1-13-8-14(2)10-17(9-13)26-12-20(23)22-21-15(3)18-11-16(24-4)6-7-19(18)25-5/h6-11H,12H2,1-5H3,(H,22,23)/b21-15-. The lowest BCUT2D eigenvalue weighted by Crippen LogP contribution is -2.25. The van der Waals surface area contributed by atoms with Crippen molar-refractivity contribution in [3.8, 4) is 17.2 Å². The lowest BCUT2D eigenvalue weighted by molar-refractivity contribution is -0.123. The molecule has 26 heavy (non-hydrogen) atoms. The highest BCUT2D eigenvalue weighted by Crippen LogP contribution is 2.24. The van der Waals surface area contributed by atoms with E-state index in [1.54, 1.807) is 39.3 Å². The number of nitrogens with zero attached hydrogens (tertiary/aromatic N) is 1. The zero-order chi connectivity index (χ0) is 19.1. The SMILES string of the molecule is COc1ccc(OC)c(/C(C)=N\NC(=O)COc2cc(C)cc(C)c2)c1. The Balaban J connectivity index is 2.01. The van der Waals surface area contributed by atoms with Gasteiger partial charge in [0.25, 0.3) is 5.91 Å². The van der Waals surface area contributed by atoms with Crippen LogP contribution in [0.4, 0.5) is 0 Å². The molecule has 0 unspecified atom stereocenters. The Hall–Kier alpha value is -3.02. The maximum Gasteiger partial charge on any atom is 0.277 e. The minimum Gasteiger partial charge on any atom is -0.497 e. The summed E-state index contributed by atoms with van der Waals surface area (Å²) in [4.78, 5) is 12.0. The van der Waals surface area contributed by atoms with E-state index in [1.807, 2.05) is 32.0 Å². The third kappa shape index (κ3) is 5.24. The number of carbonyl (C=O) groups is 1. The van der Waals surface area contributed by atoms with E-state index < -0.39 is 0 Å². The zero-order valence-corrected chi connectivity index (χ0v) is 15.8. The zero-order valence-electron chi connectivity index (χ0n) is 15.8. The number of hydrogen-bond acceptors (Lipinski definition) is 5.